The summed E-state index contributed by atoms with van der Waals surface area (Å²) in [5.74, 6) is 0.779. The molecule has 1 heterocycles. The van der Waals surface area contributed by atoms with Gasteiger partial charge in [0.15, 0.2) is 0 Å². The lowest BCUT2D eigenvalue weighted by molar-refractivity contribution is 0.312. The zero-order valence-electron chi connectivity index (χ0n) is 11.6. The summed E-state index contributed by atoms with van der Waals surface area (Å²) in [6.45, 7) is 6.51. The summed E-state index contributed by atoms with van der Waals surface area (Å²) >= 11 is 0. The van der Waals surface area contributed by atoms with E-state index in [1.807, 2.05) is 6.07 Å². The monoisotopic (exact) mass is 249 g/mol. The van der Waals surface area contributed by atoms with Gasteiger partial charge in [-0.2, -0.15) is 0 Å². The van der Waals surface area contributed by atoms with E-state index >= 15 is 0 Å². The number of nitrogens with two attached hydrogens (primary N) is 1. The Morgan fingerprint density at radius 2 is 1.89 bits per heavy atom. The van der Waals surface area contributed by atoms with Crippen LogP contribution in [-0.2, 0) is 6.42 Å². The number of hydrogen-bond donors (Lipinski definition) is 1. The van der Waals surface area contributed by atoms with Gasteiger partial charge in [0.1, 0.15) is 5.75 Å². The molecule has 1 aromatic carbocycles. The highest BCUT2D eigenvalue weighted by Gasteiger charge is 2.18. The Hall–Kier alpha value is -1.42. The second-order valence-electron chi connectivity index (χ2n) is 4.87. The van der Waals surface area contributed by atoms with Crippen LogP contribution in [0.1, 0.15) is 12.5 Å². The van der Waals surface area contributed by atoms with E-state index < -0.39 is 0 Å². The van der Waals surface area contributed by atoms with E-state index in [0.717, 1.165) is 44.0 Å². The zero-order valence-corrected chi connectivity index (χ0v) is 11.6. The number of aryl methyl sites for hydroxylation is 1. The number of nitrogen functional groups attached to an aromatic ring is 1. The Kier molecular flexibility index (Phi) is 3.97. The van der Waals surface area contributed by atoms with Gasteiger partial charge in [-0.15, -0.1) is 0 Å². The van der Waals surface area contributed by atoms with Crippen molar-refractivity contribution in [3.63, 3.8) is 0 Å². The average molecular weight is 249 g/mol. The highest BCUT2D eigenvalue weighted by atomic mass is 16.5. The first-order valence-electron chi connectivity index (χ1n) is 6.55. The first-order chi connectivity index (χ1) is 8.65. The lowest BCUT2D eigenvalue weighted by atomic mass is 10.1. The second-order valence-corrected chi connectivity index (χ2v) is 4.87. The van der Waals surface area contributed by atoms with Crippen molar-refractivity contribution in [2.45, 2.75) is 13.3 Å². The van der Waals surface area contributed by atoms with Crippen LogP contribution in [0.25, 0.3) is 0 Å². The van der Waals surface area contributed by atoms with Crippen LogP contribution < -0.4 is 15.4 Å². The molecule has 1 fully saturated rings. The third-order valence-electron chi connectivity index (χ3n) is 3.66. The van der Waals surface area contributed by atoms with Crippen LogP contribution in [0.4, 0.5) is 11.4 Å². The van der Waals surface area contributed by atoms with Crippen LogP contribution in [0.2, 0.25) is 0 Å². The molecule has 0 saturated carbocycles. The minimum Gasteiger partial charge on any atom is -0.495 e. The number of benzene rings is 1. The van der Waals surface area contributed by atoms with Gasteiger partial charge in [-0.3, -0.25) is 0 Å². The Morgan fingerprint density at radius 1 is 1.22 bits per heavy atom. The summed E-state index contributed by atoms with van der Waals surface area (Å²) in [7, 11) is 3.84. The minimum absolute atomic E-state index is 0.729. The molecule has 100 valence electrons. The third-order valence-corrected chi connectivity index (χ3v) is 3.66. The Bertz CT molecular complexity index is 412. The van der Waals surface area contributed by atoms with E-state index in [1.165, 1.54) is 11.3 Å². The van der Waals surface area contributed by atoms with E-state index in [4.69, 9.17) is 10.5 Å². The quantitative estimate of drug-likeness (QED) is 0.826. The largest absolute Gasteiger partial charge is 0.495 e. The van der Waals surface area contributed by atoms with Gasteiger partial charge < -0.3 is 20.3 Å². The zero-order chi connectivity index (χ0) is 13.1. The molecule has 2 N–H and O–H groups in total. The van der Waals surface area contributed by atoms with Gasteiger partial charge in [0.25, 0.3) is 0 Å². The minimum atomic E-state index is 0.729. The van der Waals surface area contributed by atoms with Gasteiger partial charge >= 0.3 is 0 Å². The number of rotatable bonds is 3. The topological polar surface area (TPSA) is 41.7 Å². The predicted octanol–water partition coefficient (Wildman–Crippen LogP) is 1.59. The van der Waals surface area contributed by atoms with E-state index in [9.17, 15) is 0 Å². The first-order valence-corrected chi connectivity index (χ1v) is 6.55. The normalized spacial score (nSPS) is 16.9. The first kappa shape index (κ1) is 13.0. The molecule has 1 aromatic rings. The van der Waals surface area contributed by atoms with E-state index in [1.54, 1.807) is 7.11 Å². The van der Waals surface area contributed by atoms with Gasteiger partial charge in [-0.05, 0) is 25.1 Å². The van der Waals surface area contributed by atoms with Crippen LogP contribution in [0.15, 0.2) is 12.1 Å². The van der Waals surface area contributed by atoms with Crippen molar-refractivity contribution in [2.24, 2.45) is 0 Å². The summed E-state index contributed by atoms with van der Waals surface area (Å²) in [6, 6.07) is 4.13. The van der Waals surface area contributed by atoms with Crippen LogP contribution in [0, 0.1) is 0 Å². The summed E-state index contributed by atoms with van der Waals surface area (Å²) in [5, 5.41) is 0. The number of nitrogens with zero attached hydrogens (tertiary/aromatic N) is 2. The van der Waals surface area contributed by atoms with E-state index in [-0.39, 0.29) is 0 Å². The van der Waals surface area contributed by atoms with E-state index in [0.29, 0.717) is 0 Å². The number of methoxy groups -OCH3 is 1. The van der Waals surface area contributed by atoms with Crippen molar-refractivity contribution in [1.82, 2.24) is 4.90 Å². The molecule has 1 aliphatic rings. The molecule has 0 aliphatic carbocycles. The summed E-state index contributed by atoms with van der Waals surface area (Å²) < 4.78 is 5.33. The van der Waals surface area contributed by atoms with Gasteiger partial charge in [0.05, 0.1) is 12.8 Å². The molecule has 0 spiro atoms. The highest BCUT2D eigenvalue weighted by molar-refractivity contribution is 5.67. The fourth-order valence-electron chi connectivity index (χ4n) is 2.43. The molecule has 4 heteroatoms. The standard InChI is InChI=1S/C14H23N3O/c1-4-11-9-12(15)14(18-3)10-13(11)17-7-5-16(2)6-8-17/h9-10H,4-8,15H2,1-3H3. The number of likely N-dealkylation sites (N-methyl/N-ethyl adjacent to an activating group) is 1. The fraction of sp³-hybridized carbons (Fsp3) is 0.571. The lowest BCUT2D eigenvalue weighted by Crippen LogP contribution is -2.44. The highest BCUT2D eigenvalue weighted by Crippen LogP contribution is 2.32. The van der Waals surface area contributed by atoms with Crippen molar-refractivity contribution in [1.29, 1.82) is 0 Å². The fourth-order valence-corrected chi connectivity index (χ4v) is 2.43. The van der Waals surface area contributed by atoms with Gasteiger partial charge in [-0.25, -0.2) is 0 Å². The summed E-state index contributed by atoms with van der Waals surface area (Å²) in [4.78, 5) is 4.79. The predicted molar refractivity (Wildman–Crippen MR) is 76.5 cm³/mol. The summed E-state index contributed by atoms with van der Waals surface area (Å²) in [5.41, 5.74) is 9.28. The second kappa shape index (κ2) is 5.48. The van der Waals surface area contributed by atoms with Crippen molar-refractivity contribution < 1.29 is 4.74 Å². The van der Waals surface area contributed by atoms with E-state index in [2.05, 4.69) is 29.8 Å². The lowest BCUT2D eigenvalue weighted by Gasteiger charge is -2.35. The molecule has 0 unspecified atom stereocenters. The van der Waals surface area contributed by atoms with Crippen molar-refractivity contribution in [2.75, 3.05) is 51.0 Å². The van der Waals surface area contributed by atoms with Crippen LogP contribution in [0.3, 0.4) is 0 Å². The van der Waals surface area contributed by atoms with Crippen molar-refractivity contribution in [3.05, 3.63) is 17.7 Å². The SMILES string of the molecule is CCc1cc(N)c(OC)cc1N1CCN(C)CC1. The number of piperazine rings is 1. The Labute approximate surface area is 109 Å². The number of hydrogen-bond acceptors (Lipinski definition) is 4. The van der Waals surface area contributed by atoms with Gasteiger partial charge in [-0.1, -0.05) is 6.92 Å². The maximum atomic E-state index is 5.98. The molecule has 0 atom stereocenters. The van der Waals surface area contributed by atoms with Crippen molar-refractivity contribution in [3.8, 4) is 5.75 Å². The maximum absolute atomic E-state index is 5.98. The van der Waals surface area contributed by atoms with Gasteiger partial charge in [0.2, 0.25) is 0 Å². The number of ether oxygens (including phenoxy) is 1. The number of anilines is 2. The Morgan fingerprint density at radius 3 is 2.44 bits per heavy atom. The molecule has 0 aromatic heterocycles. The molecule has 4 nitrogen and oxygen atoms in total. The van der Waals surface area contributed by atoms with Crippen LogP contribution >= 0.6 is 0 Å². The average Bonchev–Trinajstić information content (AvgIpc) is 2.39. The molecule has 1 saturated heterocycles. The third kappa shape index (κ3) is 2.53. The maximum Gasteiger partial charge on any atom is 0.143 e. The molecule has 2 rings (SSSR count). The molecular weight excluding hydrogens is 226 g/mol. The van der Waals surface area contributed by atoms with Crippen LogP contribution in [0.5, 0.6) is 5.75 Å². The molecular formula is C14H23N3O. The molecule has 0 bridgehead atoms. The Balaban J connectivity index is 2.30. The van der Waals surface area contributed by atoms with Crippen LogP contribution in [-0.4, -0.2) is 45.2 Å². The molecule has 0 amide bonds. The smallest absolute Gasteiger partial charge is 0.143 e. The molecule has 18 heavy (non-hydrogen) atoms. The van der Waals surface area contributed by atoms with Crippen molar-refractivity contribution >= 4 is 11.4 Å². The molecule has 0 radical (unpaired) electrons. The molecule has 1 aliphatic heterocycles. The van der Waals surface area contributed by atoms with Gasteiger partial charge in [0, 0.05) is 37.9 Å². The summed E-state index contributed by atoms with van der Waals surface area (Å²) in [6.07, 6.45) is 0.996.